The van der Waals surface area contributed by atoms with Gasteiger partial charge < -0.3 is 0 Å². The smallest absolute Gasteiger partial charge is 0.0289 e. The number of allylic oxidation sites excluding steroid dienone is 4. The largest absolute Gasteiger partial charge is 0.0845 e. The maximum Gasteiger partial charge on any atom is -0.0289 e. The predicted octanol–water partition coefficient (Wildman–Crippen LogP) is 3.45. The van der Waals surface area contributed by atoms with Crippen molar-refractivity contribution < 1.29 is 0 Å². The third kappa shape index (κ3) is 1.74. The van der Waals surface area contributed by atoms with Gasteiger partial charge in [-0.2, -0.15) is 0 Å². The normalized spacial score (nSPS) is 30.5. The molecule has 0 saturated heterocycles. The lowest BCUT2D eigenvalue weighted by Gasteiger charge is -2.24. The van der Waals surface area contributed by atoms with Gasteiger partial charge in [-0.15, -0.1) is 0 Å². The van der Waals surface area contributed by atoms with Crippen LogP contribution in [0.25, 0.3) is 0 Å². The van der Waals surface area contributed by atoms with Crippen LogP contribution in [0.15, 0.2) is 23.8 Å². The summed E-state index contributed by atoms with van der Waals surface area (Å²) in [6, 6.07) is 0. The Labute approximate surface area is 69.0 Å². The summed E-state index contributed by atoms with van der Waals surface area (Å²) in [5, 5.41) is 0. The van der Waals surface area contributed by atoms with Crippen molar-refractivity contribution in [2.24, 2.45) is 5.92 Å². The third-order valence-electron chi connectivity index (χ3n) is 2.87. The molecule has 0 heteroatoms. The molecule has 2 rings (SSSR count). The van der Waals surface area contributed by atoms with Crippen molar-refractivity contribution in [3.05, 3.63) is 23.8 Å². The summed E-state index contributed by atoms with van der Waals surface area (Å²) >= 11 is 0. The van der Waals surface area contributed by atoms with E-state index >= 15 is 0 Å². The van der Waals surface area contributed by atoms with Crippen LogP contribution < -0.4 is 0 Å². The lowest BCUT2D eigenvalue weighted by atomic mass is 9.82. The summed E-state index contributed by atoms with van der Waals surface area (Å²) < 4.78 is 0. The minimum atomic E-state index is 1.01. The minimum Gasteiger partial charge on any atom is -0.0845 e. The van der Waals surface area contributed by atoms with E-state index in [1.165, 1.54) is 38.5 Å². The van der Waals surface area contributed by atoms with E-state index in [4.69, 9.17) is 0 Å². The van der Waals surface area contributed by atoms with Crippen LogP contribution in [0.4, 0.5) is 0 Å². The molecule has 0 aliphatic heterocycles. The predicted molar refractivity (Wildman–Crippen MR) is 48.4 cm³/mol. The molecule has 0 radical (unpaired) electrons. The van der Waals surface area contributed by atoms with Crippen molar-refractivity contribution in [1.29, 1.82) is 0 Å². The maximum atomic E-state index is 2.34. The Hall–Kier alpha value is -0.520. The molecule has 2 aliphatic rings. The van der Waals surface area contributed by atoms with Gasteiger partial charge in [0.2, 0.25) is 0 Å². The van der Waals surface area contributed by atoms with E-state index in [9.17, 15) is 0 Å². The zero-order valence-corrected chi connectivity index (χ0v) is 7.05. The van der Waals surface area contributed by atoms with E-state index in [2.05, 4.69) is 18.2 Å². The van der Waals surface area contributed by atoms with Crippen LogP contribution in [0.2, 0.25) is 0 Å². The van der Waals surface area contributed by atoms with E-state index in [1.807, 2.05) is 0 Å². The first-order valence-electron chi connectivity index (χ1n) is 4.80. The summed E-state index contributed by atoms with van der Waals surface area (Å²) in [5.41, 5.74) is 1.69. The minimum absolute atomic E-state index is 1.01. The summed E-state index contributed by atoms with van der Waals surface area (Å²) in [4.78, 5) is 0. The number of hydrogen-bond donors (Lipinski definition) is 0. The van der Waals surface area contributed by atoms with Gasteiger partial charge in [-0.3, -0.25) is 0 Å². The molecule has 0 amide bonds. The standard InChI is InChI=1S/C11H16/c1-2-5-10-7-4-8-11(9-10)6-3-1/h1-2,5,11H,3-4,6-9H2. The topological polar surface area (TPSA) is 0 Å². The molecule has 1 unspecified atom stereocenters. The fourth-order valence-electron chi connectivity index (χ4n) is 2.22. The molecule has 11 heavy (non-hydrogen) atoms. The molecular formula is C11H16. The molecule has 1 saturated carbocycles. The SMILES string of the molecule is C1=CCCC2CCCC(=C1)C2. The molecule has 0 heterocycles. The summed E-state index contributed by atoms with van der Waals surface area (Å²) in [5.74, 6) is 1.01. The molecular weight excluding hydrogens is 132 g/mol. The van der Waals surface area contributed by atoms with Crippen molar-refractivity contribution in [2.45, 2.75) is 38.5 Å². The first-order chi connectivity index (χ1) is 5.45. The first-order valence-corrected chi connectivity index (χ1v) is 4.80. The van der Waals surface area contributed by atoms with E-state index in [0.717, 1.165) is 5.92 Å². The highest BCUT2D eigenvalue weighted by Crippen LogP contribution is 2.32. The zero-order chi connectivity index (χ0) is 7.52. The van der Waals surface area contributed by atoms with Gasteiger partial charge >= 0.3 is 0 Å². The zero-order valence-electron chi connectivity index (χ0n) is 7.05. The highest BCUT2D eigenvalue weighted by molar-refractivity contribution is 5.16. The van der Waals surface area contributed by atoms with E-state index < -0.39 is 0 Å². The van der Waals surface area contributed by atoms with Crippen molar-refractivity contribution >= 4 is 0 Å². The van der Waals surface area contributed by atoms with Crippen molar-refractivity contribution in [1.82, 2.24) is 0 Å². The molecule has 0 spiro atoms. The molecule has 1 atom stereocenters. The van der Waals surface area contributed by atoms with Crippen LogP contribution in [-0.2, 0) is 0 Å². The summed E-state index contributed by atoms with van der Waals surface area (Å²) in [6.07, 6.45) is 15.3. The number of fused-ring (bicyclic) bond motifs is 2. The third-order valence-corrected chi connectivity index (χ3v) is 2.87. The molecule has 0 nitrogen and oxygen atoms in total. The highest BCUT2D eigenvalue weighted by Gasteiger charge is 2.16. The van der Waals surface area contributed by atoms with E-state index in [0.29, 0.717) is 0 Å². The number of rotatable bonds is 0. The van der Waals surface area contributed by atoms with Gasteiger partial charge in [0.25, 0.3) is 0 Å². The molecule has 0 N–H and O–H groups in total. The van der Waals surface area contributed by atoms with Gasteiger partial charge in [0.1, 0.15) is 0 Å². The monoisotopic (exact) mass is 148 g/mol. The van der Waals surface area contributed by atoms with Gasteiger partial charge in [0, 0.05) is 0 Å². The molecule has 60 valence electrons. The Balaban J connectivity index is 2.12. The van der Waals surface area contributed by atoms with Crippen LogP contribution in [-0.4, -0.2) is 0 Å². The second-order valence-electron chi connectivity index (χ2n) is 3.79. The lowest BCUT2D eigenvalue weighted by Crippen LogP contribution is -2.08. The van der Waals surface area contributed by atoms with Gasteiger partial charge in [0.15, 0.2) is 0 Å². The van der Waals surface area contributed by atoms with Crippen LogP contribution in [0.3, 0.4) is 0 Å². The van der Waals surface area contributed by atoms with Gasteiger partial charge in [-0.25, -0.2) is 0 Å². The Bertz CT molecular complexity index is 186. The van der Waals surface area contributed by atoms with Gasteiger partial charge in [-0.1, -0.05) is 23.8 Å². The second kappa shape index (κ2) is 3.25. The Morgan fingerprint density at radius 3 is 3.27 bits per heavy atom. The van der Waals surface area contributed by atoms with Crippen molar-refractivity contribution in [3.8, 4) is 0 Å². The lowest BCUT2D eigenvalue weighted by molar-refractivity contribution is 0.394. The van der Waals surface area contributed by atoms with Crippen LogP contribution in [0, 0.1) is 5.92 Å². The number of hydrogen-bond acceptors (Lipinski definition) is 0. The summed E-state index contributed by atoms with van der Waals surface area (Å²) in [6.45, 7) is 0. The second-order valence-corrected chi connectivity index (χ2v) is 3.79. The molecule has 0 aromatic carbocycles. The Morgan fingerprint density at radius 1 is 1.27 bits per heavy atom. The average molecular weight is 148 g/mol. The van der Waals surface area contributed by atoms with Crippen molar-refractivity contribution in [2.75, 3.05) is 0 Å². The van der Waals surface area contributed by atoms with Crippen molar-refractivity contribution in [3.63, 3.8) is 0 Å². The average Bonchev–Trinajstić information content (AvgIpc) is 2.02. The quantitative estimate of drug-likeness (QED) is 0.493. The van der Waals surface area contributed by atoms with Crippen LogP contribution in [0.1, 0.15) is 38.5 Å². The van der Waals surface area contributed by atoms with E-state index in [1.54, 1.807) is 5.57 Å². The maximum absolute atomic E-state index is 2.34. The summed E-state index contributed by atoms with van der Waals surface area (Å²) in [7, 11) is 0. The van der Waals surface area contributed by atoms with Crippen LogP contribution >= 0.6 is 0 Å². The van der Waals surface area contributed by atoms with E-state index in [-0.39, 0.29) is 0 Å². The Morgan fingerprint density at radius 2 is 2.27 bits per heavy atom. The fraction of sp³-hybridized carbons (Fsp3) is 0.636. The molecule has 1 fully saturated rings. The first kappa shape index (κ1) is 7.15. The van der Waals surface area contributed by atoms with Gasteiger partial charge in [-0.05, 0) is 44.4 Å². The molecule has 2 aliphatic carbocycles. The Kier molecular flexibility index (Phi) is 2.11. The fourth-order valence-corrected chi connectivity index (χ4v) is 2.22. The molecule has 0 aromatic heterocycles. The highest BCUT2D eigenvalue weighted by atomic mass is 14.2. The van der Waals surface area contributed by atoms with Crippen LogP contribution in [0.5, 0.6) is 0 Å². The van der Waals surface area contributed by atoms with Gasteiger partial charge in [0.05, 0.1) is 0 Å². The molecule has 0 aromatic rings. The molecule has 2 bridgehead atoms.